The van der Waals surface area contributed by atoms with Gasteiger partial charge in [-0.3, -0.25) is 4.79 Å². The van der Waals surface area contributed by atoms with Gasteiger partial charge in [-0.1, -0.05) is 74.3 Å². The van der Waals surface area contributed by atoms with Crippen LogP contribution >= 0.6 is 11.6 Å². The Labute approximate surface area is 205 Å². The minimum atomic E-state index is -0.256. The maximum Gasteiger partial charge on any atom is 0.235 e. The Hall–Kier alpha value is -3.24. The summed E-state index contributed by atoms with van der Waals surface area (Å²) >= 11 is 6.29. The zero-order valence-corrected chi connectivity index (χ0v) is 21.0. The van der Waals surface area contributed by atoms with E-state index in [0.29, 0.717) is 21.8 Å². The Morgan fingerprint density at radius 3 is 2.18 bits per heavy atom. The van der Waals surface area contributed by atoms with Crippen molar-refractivity contribution < 1.29 is 13.9 Å². The summed E-state index contributed by atoms with van der Waals surface area (Å²) in [5, 5.41) is 0.899. The molecular weight excluding hydrogens is 448 g/mol. The van der Waals surface area contributed by atoms with Crippen LogP contribution in [-0.2, 0) is 5.41 Å². The predicted molar refractivity (Wildman–Crippen MR) is 139 cm³/mol. The van der Waals surface area contributed by atoms with Gasteiger partial charge >= 0.3 is 0 Å². The molecule has 4 nitrogen and oxygen atoms in total. The fourth-order valence-corrected chi connectivity index (χ4v) is 3.84. The lowest BCUT2D eigenvalue weighted by atomic mass is 9.86. The minimum Gasteiger partial charge on any atom is -0.490 e. The van der Waals surface area contributed by atoms with E-state index in [1.807, 2.05) is 50.2 Å². The number of ether oxygens (including phenoxy) is 2. The first-order chi connectivity index (χ1) is 16.1. The summed E-state index contributed by atoms with van der Waals surface area (Å²) in [5.41, 5.74) is 4.20. The van der Waals surface area contributed by atoms with E-state index in [9.17, 15) is 4.79 Å². The zero-order valence-electron chi connectivity index (χ0n) is 20.2. The van der Waals surface area contributed by atoms with Gasteiger partial charge in [-0.25, -0.2) is 0 Å². The Morgan fingerprint density at radius 2 is 1.53 bits per heavy atom. The molecule has 5 heteroatoms. The van der Waals surface area contributed by atoms with Gasteiger partial charge < -0.3 is 13.9 Å². The van der Waals surface area contributed by atoms with Gasteiger partial charge in [-0.15, -0.1) is 0 Å². The topological polar surface area (TPSA) is 48.7 Å². The van der Waals surface area contributed by atoms with Gasteiger partial charge in [-0.2, -0.15) is 0 Å². The van der Waals surface area contributed by atoms with E-state index in [-0.39, 0.29) is 29.8 Å². The van der Waals surface area contributed by atoms with Crippen LogP contribution in [0.4, 0.5) is 0 Å². The molecule has 0 fully saturated rings. The summed E-state index contributed by atoms with van der Waals surface area (Å²) < 4.78 is 18.0. The third-order valence-corrected chi connectivity index (χ3v) is 6.17. The monoisotopic (exact) mass is 476 g/mol. The van der Waals surface area contributed by atoms with Crippen molar-refractivity contribution in [1.82, 2.24) is 0 Å². The van der Waals surface area contributed by atoms with Gasteiger partial charge in [0.15, 0.2) is 5.76 Å². The molecule has 0 radical (unpaired) electrons. The van der Waals surface area contributed by atoms with Crippen LogP contribution in [0.5, 0.6) is 11.5 Å². The van der Waals surface area contributed by atoms with E-state index >= 15 is 0 Å². The van der Waals surface area contributed by atoms with E-state index in [1.54, 1.807) is 12.1 Å². The molecule has 0 unspecified atom stereocenters. The van der Waals surface area contributed by atoms with E-state index in [0.717, 1.165) is 22.4 Å². The van der Waals surface area contributed by atoms with Crippen LogP contribution in [0.3, 0.4) is 0 Å². The van der Waals surface area contributed by atoms with Gasteiger partial charge in [0.25, 0.3) is 0 Å². The largest absolute Gasteiger partial charge is 0.490 e. The van der Waals surface area contributed by atoms with Crippen LogP contribution in [-0.4, -0.2) is 13.2 Å². The standard InChI is InChI=1S/C29H29ClO4/c1-18-6-12-22(13-7-18)32-14-15-33-28-26(31)23-17-24(30)19(2)16-25(23)34-27(28)20-8-10-21(11-9-20)29(3,4)5/h6-13,16-17H,14-15H2,1-5H3. The van der Waals surface area contributed by atoms with E-state index in [2.05, 4.69) is 32.9 Å². The molecule has 4 aromatic rings. The highest BCUT2D eigenvalue weighted by Gasteiger charge is 2.20. The number of fused-ring (bicyclic) bond motifs is 1. The lowest BCUT2D eigenvalue weighted by Crippen LogP contribution is -2.15. The molecule has 0 aliphatic rings. The molecule has 0 bridgehead atoms. The predicted octanol–water partition coefficient (Wildman–Crippen LogP) is 7.49. The van der Waals surface area contributed by atoms with Crippen LogP contribution in [0.15, 0.2) is 69.9 Å². The van der Waals surface area contributed by atoms with Gasteiger partial charge in [-0.05, 0) is 54.7 Å². The first-order valence-corrected chi connectivity index (χ1v) is 11.7. The van der Waals surface area contributed by atoms with E-state index in [1.165, 1.54) is 5.56 Å². The summed E-state index contributed by atoms with van der Waals surface area (Å²) in [6, 6.07) is 19.2. The van der Waals surface area contributed by atoms with Crippen molar-refractivity contribution in [2.45, 2.75) is 40.0 Å². The van der Waals surface area contributed by atoms with Crippen molar-refractivity contribution in [2.24, 2.45) is 0 Å². The molecule has 176 valence electrons. The Balaban J connectivity index is 1.69. The van der Waals surface area contributed by atoms with Crippen LogP contribution in [0, 0.1) is 13.8 Å². The van der Waals surface area contributed by atoms with Crippen molar-refractivity contribution in [3.8, 4) is 22.8 Å². The van der Waals surface area contributed by atoms with Crippen molar-refractivity contribution in [2.75, 3.05) is 13.2 Å². The third kappa shape index (κ3) is 5.13. The highest BCUT2D eigenvalue weighted by Crippen LogP contribution is 2.34. The smallest absolute Gasteiger partial charge is 0.235 e. The summed E-state index contributed by atoms with van der Waals surface area (Å²) in [4.78, 5) is 13.4. The SMILES string of the molecule is Cc1ccc(OCCOc2c(-c3ccc(C(C)(C)C)cc3)oc3cc(C)c(Cl)cc3c2=O)cc1. The quantitative estimate of drug-likeness (QED) is 0.270. The molecule has 0 atom stereocenters. The molecule has 0 aliphatic carbocycles. The molecule has 0 aliphatic heterocycles. The number of halogens is 1. The highest BCUT2D eigenvalue weighted by atomic mass is 35.5. The summed E-state index contributed by atoms with van der Waals surface area (Å²) in [6.07, 6.45) is 0. The molecule has 0 saturated carbocycles. The number of hydrogen-bond acceptors (Lipinski definition) is 4. The maximum absolute atomic E-state index is 13.4. The van der Waals surface area contributed by atoms with Gasteiger partial charge in [0.2, 0.25) is 11.2 Å². The summed E-state index contributed by atoms with van der Waals surface area (Å²) in [6.45, 7) is 10.9. The molecule has 0 N–H and O–H groups in total. The molecule has 0 amide bonds. The fourth-order valence-electron chi connectivity index (χ4n) is 3.68. The number of benzene rings is 3. The first-order valence-electron chi connectivity index (χ1n) is 11.3. The Bertz CT molecular complexity index is 1360. The zero-order chi connectivity index (χ0) is 24.5. The Kier molecular flexibility index (Phi) is 6.72. The second kappa shape index (κ2) is 9.55. The van der Waals surface area contributed by atoms with Crippen LogP contribution in [0.25, 0.3) is 22.3 Å². The Morgan fingerprint density at radius 1 is 0.882 bits per heavy atom. The first kappa shape index (κ1) is 23.9. The lowest BCUT2D eigenvalue weighted by molar-refractivity contribution is 0.214. The number of rotatable bonds is 6. The molecule has 0 spiro atoms. The average molecular weight is 477 g/mol. The van der Waals surface area contributed by atoms with Crippen LogP contribution < -0.4 is 14.9 Å². The average Bonchev–Trinajstić information content (AvgIpc) is 2.80. The third-order valence-electron chi connectivity index (χ3n) is 5.76. The van der Waals surface area contributed by atoms with Crippen molar-refractivity contribution in [3.63, 3.8) is 0 Å². The second-order valence-electron chi connectivity index (χ2n) is 9.52. The molecule has 3 aromatic carbocycles. The van der Waals surface area contributed by atoms with Crippen LogP contribution in [0.1, 0.15) is 37.5 Å². The normalized spacial score (nSPS) is 11.6. The molecule has 1 aromatic heterocycles. The van der Waals surface area contributed by atoms with Gasteiger partial charge in [0, 0.05) is 10.6 Å². The fraction of sp³-hybridized carbons (Fsp3) is 0.276. The van der Waals surface area contributed by atoms with Crippen molar-refractivity contribution in [3.05, 3.63) is 92.6 Å². The van der Waals surface area contributed by atoms with E-state index < -0.39 is 0 Å². The highest BCUT2D eigenvalue weighted by molar-refractivity contribution is 6.32. The van der Waals surface area contributed by atoms with Crippen LogP contribution in [0.2, 0.25) is 5.02 Å². The summed E-state index contributed by atoms with van der Waals surface area (Å²) in [7, 11) is 0. The van der Waals surface area contributed by atoms with Crippen molar-refractivity contribution >= 4 is 22.6 Å². The molecular formula is C29H29ClO4. The minimum absolute atomic E-state index is 0.0171. The molecule has 1 heterocycles. The van der Waals surface area contributed by atoms with E-state index in [4.69, 9.17) is 25.5 Å². The maximum atomic E-state index is 13.4. The van der Waals surface area contributed by atoms with Crippen molar-refractivity contribution in [1.29, 1.82) is 0 Å². The van der Waals surface area contributed by atoms with Gasteiger partial charge in [0.05, 0.1) is 5.39 Å². The second-order valence-corrected chi connectivity index (χ2v) is 9.93. The molecule has 4 rings (SSSR count). The summed E-state index contributed by atoms with van der Waals surface area (Å²) in [5.74, 6) is 1.30. The number of aryl methyl sites for hydroxylation is 2. The van der Waals surface area contributed by atoms with Gasteiger partial charge in [0.1, 0.15) is 24.5 Å². The molecule has 34 heavy (non-hydrogen) atoms. The lowest BCUT2D eigenvalue weighted by Gasteiger charge is -2.19. The molecule has 0 saturated heterocycles. The number of hydrogen-bond donors (Lipinski definition) is 0.